The number of nitrogens with one attached hydrogen (secondary N) is 2. The average Bonchev–Trinajstić information content (AvgIpc) is 2.54. The molecule has 1 amide bonds. The Morgan fingerprint density at radius 2 is 2.29 bits per heavy atom. The van der Waals surface area contributed by atoms with Crippen molar-refractivity contribution in [3.63, 3.8) is 0 Å². The van der Waals surface area contributed by atoms with E-state index in [2.05, 4.69) is 33.5 Å². The van der Waals surface area contributed by atoms with Crippen LogP contribution in [0.1, 0.15) is 38.2 Å². The second-order valence-electron chi connectivity index (χ2n) is 6.48. The van der Waals surface area contributed by atoms with Crippen LogP contribution in [0.5, 0.6) is 0 Å². The van der Waals surface area contributed by atoms with E-state index in [9.17, 15) is 9.18 Å². The minimum Gasteiger partial charge on any atom is -0.356 e. The number of benzene rings is 1. The van der Waals surface area contributed by atoms with Crippen LogP contribution >= 0.6 is 28.3 Å². The van der Waals surface area contributed by atoms with Crippen LogP contribution in [-0.2, 0) is 11.2 Å². The molecule has 3 nitrogen and oxygen atoms in total. The first-order valence-electron chi connectivity index (χ1n) is 8.47. The van der Waals surface area contributed by atoms with Gasteiger partial charge in [0.25, 0.3) is 0 Å². The molecule has 24 heavy (non-hydrogen) atoms. The van der Waals surface area contributed by atoms with Gasteiger partial charge in [-0.25, -0.2) is 4.39 Å². The third-order valence-corrected chi connectivity index (χ3v) is 5.10. The monoisotopic (exact) mass is 420 g/mol. The molecule has 1 aromatic rings. The zero-order valence-electron chi connectivity index (χ0n) is 14.1. The van der Waals surface area contributed by atoms with E-state index in [4.69, 9.17) is 0 Å². The van der Waals surface area contributed by atoms with Crippen LogP contribution in [0.4, 0.5) is 4.39 Å². The first kappa shape index (κ1) is 21.4. The molecule has 1 aliphatic rings. The zero-order valence-corrected chi connectivity index (χ0v) is 16.5. The predicted octanol–water partition coefficient (Wildman–Crippen LogP) is 4.08. The van der Waals surface area contributed by atoms with Gasteiger partial charge in [-0.15, -0.1) is 12.4 Å². The van der Waals surface area contributed by atoms with Gasteiger partial charge in [-0.05, 0) is 68.3 Å². The number of piperidine rings is 1. The molecule has 0 aromatic heterocycles. The molecular weight excluding hydrogens is 395 g/mol. The van der Waals surface area contributed by atoms with Crippen molar-refractivity contribution in [3.05, 3.63) is 34.1 Å². The number of halogens is 3. The van der Waals surface area contributed by atoms with Crippen molar-refractivity contribution in [1.29, 1.82) is 0 Å². The number of amides is 1. The van der Waals surface area contributed by atoms with Crippen LogP contribution in [0.3, 0.4) is 0 Å². The topological polar surface area (TPSA) is 41.1 Å². The van der Waals surface area contributed by atoms with Gasteiger partial charge in [-0.2, -0.15) is 0 Å². The Morgan fingerprint density at radius 1 is 1.50 bits per heavy atom. The van der Waals surface area contributed by atoms with Gasteiger partial charge < -0.3 is 10.6 Å². The molecule has 0 aliphatic carbocycles. The fourth-order valence-electron chi connectivity index (χ4n) is 3.13. The molecule has 136 valence electrons. The quantitative estimate of drug-likeness (QED) is 0.651. The van der Waals surface area contributed by atoms with E-state index in [1.807, 2.05) is 6.07 Å². The van der Waals surface area contributed by atoms with E-state index in [-0.39, 0.29) is 24.1 Å². The summed E-state index contributed by atoms with van der Waals surface area (Å²) in [5, 5.41) is 6.36. The summed E-state index contributed by atoms with van der Waals surface area (Å²) in [7, 11) is 0. The fourth-order valence-corrected chi connectivity index (χ4v) is 3.46. The average molecular weight is 422 g/mol. The minimum absolute atomic E-state index is 0. The maximum atomic E-state index is 13.7. The smallest absolute Gasteiger partial charge is 0.220 e. The summed E-state index contributed by atoms with van der Waals surface area (Å²) in [5.74, 6) is 0.932. The number of hydrogen-bond acceptors (Lipinski definition) is 2. The van der Waals surface area contributed by atoms with Crippen LogP contribution in [0.25, 0.3) is 0 Å². The van der Waals surface area contributed by atoms with Crippen molar-refractivity contribution in [1.82, 2.24) is 10.6 Å². The minimum atomic E-state index is -0.191. The van der Waals surface area contributed by atoms with Gasteiger partial charge in [0.2, 0.25) is 5.91 Å². The molecule has 0 saturated carbocycles. The van der Waals surface area contributed by atoms with Crippen molar-refractivity contribution in [2.45, 2.75) is 39.0 Å². The van der Waals surface area contributed by atoms with E-state index < -0.39 is 0 Å². The van der Waals surface area contributed by atoms with E-state index in [1.54, 1.807) is 6.07 Å². The molecule has 6 heteroatoms. The van der Waals surface area contributed by atoms with Crippen LogP contribution in [0, 0.1) is 17.7 Å². The van der Waals surface area contributed by atoms with Crippen molar-refractivity contribution in [3.8, 4) is 0 Å². The first-order chi connectivity index (χ1) is 11.1. The summed E-state index contributed by atoms with van der Waals surface area (Å²) in [6, 6.07) is 5.12. The van der Waals surface area contributed by atoms with E-state index in [1.165, 1.54) is 18.9 Å². The standard InChI is InChI=1S/C18H26BrFN2O.ClH/c1-13(15-5-2-8-21-12-15)10-18(23)22-9-3-4-14-6-7-16(19)11-17(14)20;/h6-7,11,13,15,21H,2-5,8-10,12H2,1H3,(H,22,23);1H. The van der Waals surface area contributed by atoms with Gasteiger partial charge in [0.15, 0.2) is 0 Å². The molecule has 1 aromatic carbocycles. The Bertz CT molecular complexity index is 524. The maximum absolute atomic E-state index is 13.7. The largest absolute Gasteiger partial charge is 0.356 e. The van der Waals surface area contributed by atoms with Crippen LogP contribution in [0.2, 0.25) is 0 Å². The fraction of sp³-hybridized carbons (Fsp3) is 0.611. The highest BCUT2D eigenvalue weighted by molar-refractivity contribution is 9.10. The molecule has 0 spiro atoms. The molecule has 1 saturated heterocycles. The van der Waals surface area contributed by atoms with Gasteiger partial charge in [0.05, 0.1) is 0 Å². The Labute approximate surface area is 158 Å². The first-order valence-corrected chi connectivity index (χ1v) is 9.27. The van der Waals surface area contributed by atoms with E-state index in [0.717, 1.165) is 24.0 Å². The lowest BCUT2D eigenvalue weighted by Gasteiger charge is -2.28. The molecule has 1 fully saturated rings. The molecule has 0 radical (unpaired) electrons. The lowest BCUT2D eigenvalue weighted by Crippen LogP contribution is -2.35. The maximum Gasteiger partial charge on any atom is 0.220 e. The Kier molecular flexibility index (Phi) is 9.86. The van der Waals surface area contributed by atoms with Gasteiger partial charge in [-0.1, -0.05) is 28.9 Å². The second-order valence-corrected chi connectivity index (χ2v) is 7.39. The van der Waals surface area contributed by atoms with Crippen LogP contribution in [0.15, 0.2) is 22.7 Å². The van der Waals surface area contributed by atoms with Gasteiger partial charge in [0.1, 0.15) is 5.82 Å². The highest BCUT2D eigenvalue weighted by Gasteiger charge is 2.21. The summed E-state index contributed by atoms with van der Waals surface area (Å²) in [6.45, 7) is 4.89. The van der Waals surface area contributed by atoms with E-state index >= 15 is 0 Å². The SMILES string of the molecule is CC(CC(=O)NCCCc1ccc(Br)cc1F)C1CCCNC1.Cl. The molecule has 2 unspecified atom stereocenters. The van der Waals surface area contributed by atoms with Gasteiger partial charge in [0, 0.05) is 17.4 Å². The summed E-state index contributed by atoms with van der Waals surface area (Å²) in [5.41, 5.74) is 0.698. The lowest BCUT2D eigenvalue weighted by atomic mass is 9.85. The molecule has 1 heterocycles. The molecule has 1 aliphatic heterocycles. The molecular formula is C18H27BrClFN2O. The van der Waals surface area contributed by atoms with Crippen LogP contribution < -0.4 is 10.6 Å². The highest BCUT2D eigenvalue weighted by Crippen LogP contribution is 2.22. The Morgan fingerprint density at radius 3 is 2.96 bits per heavy atom. The Balaban J connectivity index is 0.00000288. The third-order valence-electron chi connectivity index (χ3n) is 4.61. The van der Waals surface area contributed by atoms with Crippen LogP contribution in [-0.4, -0.2) is 25.5 Å². The summed E-state index contributed by atoms with van der Waals surface area (Å²) in [6.07, 6.45) is 4.39. The number of hydrogen-bond donors (Lipinski definition) is 2. The van der Waals surface area contributed by atoms with Gasteiger partial charge in [-0.3, -0.25) is 4.79 Å². The predicted molar refractivity (Wildman–Crippen MR) is 102 cm³/mol. The third kappa shape index (κ3) is 7.08. The molecule has 2 N–H and O–H groups in total. The second kappa shape index (κ2) is 11.1. The molecule has 2 atom stereocenters. The molecule has 0 bridgehead atoms. The van der Waals surface area contributed by atoms with E-state index in [0.29, 0.717) is 36.8 Å². The Hall–Kier alpha value is -0.650. The normalized spacial score (nSPS) is 18.5. The number of carbonyl (C=O) groups excluding carboxylic acids is 1. The molecule has 2 rings (SSSR count). The van der Waals surface area contributed by atoms with Gasteiger partial charge >= 0.3 is 0 Å². The van der Waals surface area contributed by atoms with Crippen molar-refractivity contribution in [2.75, 3.05) is 19.6 Å². The van der Waals surface area contributed by atoms with Crippen molar-refractivity contribution in [2.24, 2.45) is 11.8 Å². The number of rotatable bonds is 7. The van der Waals surface area contributed by atoms with Crippen molar-refractivity contribution < 1.29 is 9.18 Å². The van der Waals surface area contributed by atoms with Crippen molar-refractivity contribution >= 4 is 34.2 Å². The summed E-state index contributed by atoms with van der Waals surface area (Å²) >= 11 is 3.25. The summed E-state index contributed by atoms with van der Waals surface area (Å²) < 4.78 is 14.4. The number of aryl methyl sites for hydroxylation is 1. The summed E-state index contributed by atoms with van der Waals surface area (Å²) in [4.78, 5) is 12.0. The lowest BCUT2D eigenvalue weighted by molar-refractivity contribution is -0.122. The number of carbonyl (C=O) groups is 1. The zero-order chi connectivity index (χ0) is 16.7. The highest BCUT2D eigenvalue weighted by atomic mass is 79.9.